The highest BCUT2D eigenvalue weighted by atomic mass is 35.5. The van der Waals surface area contributed by atoms with Crippen LogP contribution in [0, 0.1) is 16.0 Å². The Balaban J connectivity index is 2.64. The Morgan fingerprint density at radius 1 is 1.67 bits per heavy atom. The van der Waals surface area contributed by atoms with Crippen LogP contribution >= 0.6 is 11.6 Å². The van der Waals surface area contributed by atoms with E-state index in [2.05, 4.69) is 5.32 Å². The predicted octanol–water partition coefficient (Wildman–Crippen LogP) is 1.93. The number of alkyl halides is 1. The summed E-state index contributed by atoms with van der Waals surface area (Å²) in [6.07, 6.45) is 2.13. The quantitative estimate of drug-likeness (QED) is 0.489. The molecule has 1 amide bonds. The van der Waals surface area contributed by atoms with Gasteiger partial charge in [-0.25, -0.2) is 0 Å². The number of nitro groups is 1. The number of aryl methyl sites for hydroxylation is 1. The summed E-state index contributed by atoms with van der Waals surface area (Å²) in [4.78, 5) is 21.9. The lowest BCUT2D eigenvalue weighted by atomic mass is 10.1. The van der Waals surface area contributed by atoms with Gasteiger partial charge in [-0.15, -0.1) is 11.6 Å². The summed E-state index contributed by atoms with van der Waals surface area (Å²) in [5.41, 5.74) is 0.191. The molecule has 0 aliphatic carbocycles. The normalized spacial score (nSPS) is 12.2. The van der Waals surface area contributed by atoms with Crippen LogP contribution in [-0.2, 0) is 7.05 Å². The van der Waals surface area contributed by atoms with Gasteiger partial charge in [0.2, 0.25) is 0 Å². The largest absolute Gasteiger partial charge is 0.350 e. The van der Waals surface area contributed by atoms with Crippen molar-refractivity contribution in [3.8, 4) is 0 Å². The van der Waals surface area contributed by atoms with Gasteiger partial charge in [-0.2, -0.15) is 0 Å². The molecule has 0 aromatic carbocycles. The van der Waals surface area contributed by atoms with Crippen molar-refractivity contribution in [2.75, 3.05) is 12.4 Å². The molecule has 0 fully saturated rings. The van der Waals surface area contributed by atoms with Crippen molar-refractivity contribution in [2.24, 2.45) is 13.0 Å². The van der Waals surface area contributed by atoms with E-state index in [1.165, 1.54) is 16.8 Å². The Bertz CT molecular complexity index is 445. The van der Waals surface area contributed by atoms with Crippen molar-refractivity contribution in [3.05, 3.63) is 28.1 Å². The van der Waals surface area contributed by atoms with Crippen LogP contribution in [0.25, 0.3) is 0 Å². The molecule has 1 unspecified atom stereocenters. The predicted molar refractivity (Wildman–Crippen MR) is 68.9 cm³/mol. The summed E-state index contributed by atoms with van der Waals surface area (Å²) in [5.74, 6) is 0.515. The van der Waals surface area contributed by atoms with E-state index in [-0.39, 0.29) is 23.2 Å². The molecule has 0 saturated heterocycles. The third kappa shape index (κ3) is 3.73. The van der Waals surface area contributed by atoms with Gasteiger partial charge in [-0.05, 0) is 12.3 Å². The number of carbonyl (C=O) groups is 1. The van der Waals surface area contributed by atoms with Gasteiger partial charge >= 0.3 is 0 Å². The Morgan fingerprint density at radius 2 is 2.33 bits per heavy atom. The highest BCUT2D eigenvalue weighted by molar-refractivity contribution is 6.17. The number of hydrogen-bond donors (Lipinski definition) is 1. The molecule has 100 valence electrons. The first-order valence-electron chi connectivity index (χ1n) is 5.60. The average molecular weight is 274 g/mol. The van der Waals surface area contributed by atoms with Crippen LogP contribution in [0.1, 0.15) is 23.8 Å². The van der Waals surface area contributed by atoms with Crippen LogP contribution in [0.15, 0.2) is 12.3 Å². The van der Waals surface area contributed by atoms with Crippen molar-refractivity contribution in [3.63, 3.8) is 0 Å². The van der Waals surface area contributed by atoms with E-state index in [0.717, 1.165) is 6.42 Å². The number of nitrogens with zero attached hydrogens (tertiary/aromatic N) is 2. The molecule has 1 N–H and O–H groups in total. The maximum atomic E-state index is 11.8. The highest BCUT2D eigenvalue weighted by Crippen LogP contribution is 2.15. The maximum absolute atomic E-state index is 11.8. The highest BCUT2D eigenvalue weighted by Gasteiger charge is 2.17. The van der Waals surface area contributed by atoms with Crippen LogP contribution in [0.3, 0.4) is 0 Å². The SMILES string of the molecule is CC(CCCl)CNC(=O)c1cc([N+](=O)[O-])cn1C. The molecule has 0 radical (unpaired) electrons. The molecule has 0 bridgehead atoms. The lowest BCUT2D eigenvalue weighted by Gasteiger charge is -2.10. The Hall–Kier alpha value is -1.56. The first-order valence-corrected chi connectivity index (χ1v) is 6.14. The van der Waals surface area contributed by atoms with Gasteiger partial charge in [0, 0.05) is 25.5 Å². The Labute approximate surface area is 110 Å². The summed E-state index contributed by atoms with van der Waals surface area (Å²) >= 11 is 5.60. The molecule has 1 atom stereocenters. The van der Waals surface area contributed by atoms with Crippen LogP contribution in [0.5, 0.6) is 0 Å². The van der Waals surface area contributed by atoms with Crippen molar-refractivity contribution < 1.29 is 9.72 Å². The maximum Gasteiger partial charge on any atom is 0.287 e. The van der Waals surface area contributed by atoms with Gasteiger partial charge in [-0.1, -0.05) is 6.92 Å². The second-order valence-corrected chi connectivity index (χ2v) is 4.62. The summed E-state index contributed by atoms with van der Waals surface area (Å²) in [5, 5.41) is 13.3. The lowest BCUT2D eigenvalue weighted by Crippen LogP contribution is -2.29. The summed E-state index contributed by atoms with van der Waals surface area (Å²) in [6.45, 7) is 2.49. The number of carbonyl (C=O) groups excluding carboxylic acids is 1. The standard InChI is InChI=1S/C11H16ClN3O3/c1-8(3-4-12)6-13-11(16)10-5-9(15(17)18)7-14(10)2/h5,7-8H,3-4,6H2,1-2H3,(H,13,16). The van der Waals surface area contributed by atoms with Crippen LogP contribution < -0.4 is 5.32 Å². The number of hydrogen-bond acceptors (Lipinski definition) is 3. The summed E-state index contributed by atoms with van der Waals surface area (Å²) in [7, 11) is 1.60. The molecular formula is C11H16ClN3O3. The molecule has 0 spiro atoms. The molecule has 1 heterocycles. The van der Waals surface area contributed by atoms with Crippen molar-refractivity contribution in [1.82, 2.24) is 9.88 Å². The van der Waals surface area contributed by atoms with Gasteiger partial charge in [0.1, 0.15) is 5.69 Å². The number of amides is 1. The number of rotatable bonds is 6. The summed E-state index contributed by atoms with van der Waals surface area (Å²) < 4.78 is 1.44. The molecule has 0 aliphatic heterocycles. The van der Waals surface area contributed by atoms with Crippen molar-refractivity contribution >= 4 is 23.2 Å². The first kappa shape index (κ1) is 14.5. The Kier molecular flexibility index (Phi) is 5.15. The van der Waals surface area contributed by atoms with E-state index in [0.29, 0.717) is 12.4 Å². The number of nitrogens with one attached hydrogen (secondary N) is 1. The molecule has 7 heteroatoms. The van der Waals surface area contributed by atoms with Crippen LogP contribution in [0.2, 0.25) is 0 Å². The van der Waals surface area contributed by atoms with Crippen molar-refractivity contribution in [2.45, 2.75) is 13.3 Å². The second-order valence-electron chi connectivity index (χ2n) is 4.24. The van der Waals surface area contributed by atoms with Gasteiger partial charge in [0.25, 0.3) is 11.6 Å². The van der Waals surface area contributed by atoms with Gasteiger partial charge in [0.15, 0.2) is 0 Å². The molecule has 1 rings (SSSR count). The third-order valence-corrected chi connectivity index (χ3v) is 2.87. The monoisotopic (exact) mass is 273 g/mol. The molecule has 1 aromatic heterocycles. The van der Waals surface area contributed by atoms with Gasteiger partial charge < -0.3 is 9.88 Å². The van der Waals surface area contributed by atoms with E-state index in [4.69, 9.17) is 11.6 Å². The zero-order chi connectivity index (χ0) is 13.7. The minimum Gasteiger partial charge on any atom is -0.350 e. The van der Waals surface area contributed by atoms with E-state index >= 15 is 0 Å². The average Bonchev–Trinajstić information content (AvgIpc) is 2.69. The zero-order valence-corrected chi connectivity index (χ0v) is 11.1. The molecule has 6 nitrogen and oxygen atoms in total. The lowest BCUT2D eigenvalue weighted by molar-refractivity contribution is -0.384. The number of aromatic nitrogens is 1. The zero-order valence-electron chi connectivity index (χ0n) is 10.4. The van der Waals surface area contributed by atoms with Crippen LogP contribution in [0.4, 0.5) is 5.69 Å². The van der Waals surface area contributed by atoms with Gasteiger partial charge in [-0.3, -0.25) is 14.9 Å². The second kappa shape index (κ2) is 6.39. The first-order chi connectivity index (χ1) is 8.45. The minimum atomic E-state index is -0.521. The molecule has 18 heavy (non-hydrogen) atoms. The molecular weight excluding hydrogens is 258 g/mol. The van der Waals surface area contributed by atoms with E-state index in [9.17, 15) is 14.9 Å². The molecule has 1 aromatic rings. The van der Waals surface area contributed by atoms with Gasteiger partial charge in [0.05, 0.1) is 11.1 Å². The van der Waals surface area contributed by atoms with Crippen LogP contribution in [-0.4, -0.2) is 27.8 Å². The minimum absolute atomic E-state index is 0.0866. The van der Waals surface area contributed by atoms with E-state index in [1.807, 2.05) is 6.92 Å². The fourth-order valence-corrected chi connectivity index (χ4v) is 1.89. The van der Waals surface area contributed by atoms with E-state index in [1.54, 1.807) is 7.05 Å². The molecule has 0 saturated carbocycles. The smallest absolute Gasteiger partial charge is 0.287 e. The number of halogens is 1. The fourth-order valence-electron chi connectivity index (χ4n) is 1.52. The summed E-state index contributed by atoms with van der Waals surface area (Å²) in [6, 6.07) is 1.27. The third-order valence-electron chi connectivity index (χ3n) is 2.65. The fraction of sp³-hybridized carbons (Fsp3) is 0.545. The molecule has 0 aliphatic rings. The van der Waals surface area contributed by atoms with E-state index < -0.39 is 4.92 Å². The topological polar surface area (TPSA) is 77.2 Å². The Morgan fingerprint density at radius 3 is 2.83 bits per heavy atom. The van der Waals surface area contributed by atoms with Crippen molar-refractivity contribution in [1.29, 1.82) is 0 Å².